The molecule has 0 spiro atoms. The summed E-state index contributed by atoms with van der Waals surface area (Å²) < 4.78 is 4.25. The summed E-state index contributed by atoms with van der Waals surface area (Å²) in [6, 6.07) is 18.3. The standard InChI is InChI=1S/C19H15N5O3S/c25-10-9-23(15-6-5-13-3-1-2-4-14(13)11-15)22-20-19-17-12-16(24(26)27)7-8-18(17)21-28-19/h1-8,11-12,25H,9-10H2/b22-20+. The van der Waals surface area contributed by atoms with Gasteiger partial charge < -0.3 is 5.11 Å². The molecule has 1 heterocycles. The van der Waals surface area contributed by atoms with Crippen molar-refractivity contribution in [3.8, 4) is 0 Å². The lowest BCUT2D eigenvalue weighted by molar-refractivity contribution is -0.384. The maximum absolute atomic E-state index is 11.0. The van der Waals surface area contributed by atoms with Crippen molar-refractivity contribution in [2.75, 3.05) is 18.2 Å². The molecule has 0 saturated carbocycles. The molecule has 0 saturated heterocycles. The summed E-state index contributed by atoms with van der Waals surface area (Å²) in [5.74, 6) is 0. The number of hydrogen-bond acceptors (Lipinski definition) is 7. The monoisotopic (exact) mass is 393 g/mol. The number of anilines is 1. The summed E-state index contributed by atoms with van der Waals surface area (Å²) in [5, 5.41) is 33.7. The fraction of sp³-hybridized carbons (Fsp3) is 0.105. The third-order valence-electron chi connectivity index (χ3n) is 4.24. The van der Waals surface area contributed by atoms with Crippen molar-refractivity contribution in [3.63, 3.8) is 0 Å². The topological polar surface area (TPSA) is 104 Å². The second-order valence-electron chi connectivity index (χ2n) is 6.01. The van der Waals surface area contributed by atoms with Gasteiger partial charge in [0.1, 0.15) is 0 Å². The van der Waals surface area contributed by atoms with Gasteiger partial charge in [0.2, 0.25) is 0 Å². The van der Waals surface area contributed by atoms with E-state index in [0.717, 1.165) is 28.0 Å². The first kappa shape index (κ1) is 18.0. The molecule has 0 atom stereocenters. The number of rotatable bonds is 6. The highest BCUT2D eigenvalue weighted by Crippen LogP contribution is 2.33. The lowest BCUT2D eigenvalue weighted by atomic mass is 10.1. The smallest absolute Gasteiger partial charge is 0.270 e. The SMILES string of the molecule is O=[N+]([O-])c1ccc2nsc(/N=N/N(CCO)c3ccc4ccccc4c3)c2c1. The van der Waals surface area contributed by atoms with Crippen LogP contribution in [0.3, 0.4) is 0 Å². The van der Waals surface area contributed by atoms with Crippen molar-refractivity contribution in [2.45, 2.75) is 0 Å². The van der Waals surface area contributed by atoms with Crippen molar-refractivity contribution in [2.24, 2.45) is 10.3 Å². The maximum atomic E-state index is 11.0. The van der Waals surface area contributed by atoms with Crippen LogP contribution in [0.2, 0.25) is 0 Å². The average Bonchev–Trinajstić information content (AvgIpc) is 3.13. The van der Waals surface area contributed by atoms with E-state index in [4.69, 9.17) is 0 Å². The molecule has 1 aromatic heterocycles. The van der Waals surface area contributed by atoms with Crippen LogP contribution in [0.25, 0.3) is 21.7 Å². The van der Waals surface area contributed by atoms with Gasteiger partial charge >= 0.3 is 0 Å². The minimum absolute atomic E-state index is 0.0223. The molecule has 9 heteroatoms. The van der Waals surface area contributed by atoms with Crippen LogP contribution in [0, 0.1) is 10.1 Å². The van der Waals surface area contributed by atoms with Crippen molar-refractivity contribution in [1.82, 2.24) is 4.37 Å². The van der Waals surface area contributed by atoms with Crippen LogP contribution in [0.1, 0.15) is 0 Å². The number of hydrogen-bond donors (Lipinski definition) is 1. The van der Waals surface area contributed by atoms with Crippen LogP contribution in [0.4, 0.5) is 16.4 Å². The Morgan fingerprint density at radius 2 is 1.93 bits per heavy atom. The highest BCUT2D eigenvalue weighted by Gasteiger charge is 2.13. The summed E-state index contributed by atoms with van der Waals surface area (Å²) >= 11 is 1.12. The molecule has 140 valence electrons. The van der Waals surface area contributed by atoms with E-state index >= 15 is 0 Å². The number of aliphatic hydroxyl groups excluding tert-OH is 1. The van der Waals surface area contributed by atoms with E-state index in [9.17, 15) is 15.2 Å². The first-order valence-electron chi connectivity index (χ1n) is 8.48. The zero-order valence-electron chi connectivity index (χ0n) is 14.6. The van der Waals surface area contributed by atoms with E-state index in [0.29, 0.717) is 15.9 Å². The van der Waals surface area contributed by atoms with Gasteiger partial charge in [-0.2, -0.15) is 4.37 Å². The van der Waals surface area contributed by atoms with E-state index in [1.54, 1.807) is 11.1 Å². The van der Waals surface area contributed by atoms with Gasteiger partial charge in [-0.25, -0.2) is 5.01 Å². The molecule has 0 amide bonds. The van der Waals surface area contributed by atoms with Gasteiger partial charge in [-0.1, -0.05) is 35.6 Å². The molecule has 8 nitrogen and oxygen atoms in total. The number of aromatic nitrogens is 1. The van der Waals surface area contributed by atoms with Crippen LogP contribution >= 0.6 is 11.5 Å². The molecule has 4 rings (SSSR count). The number of nitrogens with zero attached hydrogens (tertiary/aromatic N) is 5. The fourth-order valence-corrected chi connectivity index (χ4v) is 3.53. The molecule has 0 fully saturated rings. The predicted molar refractivity (Wildman–Crippen MR) is 109 cm³/mol. The van der Waals surface area contributed by atoms with Crippen LogP contribution in [-0.2, 0) is 0 Å². The molecule has 0 radical (unpaired) electrons. The van der Waals surface area contributed by atoms with Crippen LogP contribution in [0.15, 0.2) is 71.0 Å². The summed E-state index contributed by atoms with van der Waals surface area (Å²) in [7, 11) is 0. The molecule has 0 bridgehead atoms. The van der Waals surface area contributed by atoms with Crippen molar-refractivity contribution in [3.05, 3.63) is 70.8 Å². The first-order valence-corrected chi connectivity index (χ1v) is 9.26. The second kappa shape index (κ2) is 7.67. The Balaban J connectivity index is 1.69. The second-order valence-corrected chi connectivity index (χ2v) is 6.77. The number of fused-ring (bicyclic) bond motifs is 2. The molecule has 28 heavy (non-hydrogen) atoms. The highest BCUT2D eigenvalue weighted by atomic mass is 32.1. The Hall–Kier alpha value is -3.43. The molecule has 1 N–H and O–H groups in total. The largest absolute Gasteiger partial charge is 0.394 e. The third-order valence-corrected chi connectivity index (χ3v) is 5.00. The molecule has 4 aromatic rings. The zero-order valence-corrected chi connectivity index (χ0v) is 15.4. The Kier molecular flexibility index (Phi) is 4.92. The minimum atomic E-state index is -0.453. The van der Waals surface area contributed by atoms with E-state index < -0.39 is 4.92 Å². The number of benzene rings is 3. The number of non-ortho nitro benzene ring substituents is 1. The predicted octanol–water partition coefficient (Wildman–Crippen LogP) is 4.86. The van der Waals surface area contributed by atoms with Gasteiger partial charge in [-0.15, -0.1) is 5.11 Å². The first-order chi connectivity index (χ1) is 13.7. The summed E-state index contributed by atoms with van der Waals surface area (Å²) in [4.78, 5) is 10.6. The minimum Gasteiger partial charge on any atom is -0.394 e. The van der Waals surface area contributed by atoms with Crippen molar-refractivity contribution < 1.29 is 10.0 Å². The third kappa shape index (κ3) is 3.53. The van der Waals surface area contributed by atoms with E-state index in [1.165, 1.54) is 12.1 Å². The average molecular weight is 393 g/mol. The molecular weight excluding hydrogens is 378 g/mol. The quantitative estimate of drug-likeness (QED) is 0.286. The highest BCUT2D eigenvalue weighted by molar-refractivity contribution is 7.11. The van der Waals surface area contributed by atoms with Gasteiger partial charge in [-0.05, 0) is 40.5 Å². The molecule has 3 aromatic carbocycles. The van der Waals surface area contributed by atoms with Crippen LogP contribution < -0.4 is 5.01 Å². The summed E-state index contributed by atoms with van der Waals surface area (Å²) in [6.07, 6.45) is 0. The Bertz CT molecular complexity index is 1190. The van der Waals surface area contributed by atoms with Crippen LogP contribution in [0.5, 0.6) is 0 Å². The van der Waals surface area contributed by atoms with E-state index in [2.05, 4.69) is 14.7 Å². The van der Waals surface area contributed by atoms with E-state index in [-0.39, 0.29) is 18.8 Å². The van der Waals surface area contributed by atoms with Gasteiger partial charge in [0.15, 0.2) is 5.00 Å². The van der Waals surface area contributed by atoms with Gasteiger partial charge in [-0.3, -0.25) is 10.1 Å². The summed E-state index contributed by atoms with van der Waals surface area (Å²) in [6.45, 7) is 0.166. The Labute approximate surface area is 163 Å². The number of nitro benzene ring substituents is 1. The zero-order chi connectivity index (χ0) is 19.5. The number of nitro groups is 1. The fourth-order valence-electron chi connectivity index (χ4n) is 2.85. The van der Waals surface area contributed by atoms with Crippen LogP contribution in [-0.4, -0.2) is 27.6 Å². The van der Waals surface area contributed by atoms with Gasteiger partial charge in [0.25, 0.3) is 5.69 Å². The lowest BCUT2D eigenvalue weighted by Crippen LogP contribution is -2.19. The van der Waals surface area contributed by atoms with Gasteiger partial charge in [0.05, 0.1) is 29.3 Å². The van der Waals surface area contributed by atoms with Crippen molar-refractivity contribution in [1.29, 1.82) is 0 Å². The molecule has 0 aliphatic heterocycles. The Morgan fingerprint density at radius 1 is 1.11 bits per heavy atom. The molecular formula is C19H15N5O3S. The van der Waals surface area contributed by atoms with E-state index in [1.807, 2.05) is 42.5 Å². The van der Waals surface area contributed by atoms with Crippen molar-refractivity contribution >= 4 is 49.6 Å². The summed E-state index contributed by atoms with van der Waals surface area (Å²) in [5.41, 5.74) is 1.39. The molecule has 0 unspecified atom stereocenters. The number of aliphatic hydroxyl groups is 1. The lowest BCUT2D eigenvalue weighted by Gasteiger charge is -2.16. The molecule has 0 aliphatic rings. The van der Waals surface area contributed by atoms with Gasteiger partial charge in [0, 0.05) is 17.5 Å². The Morgan fingerprint density at radius 3 is 2.71 bits per heavy atom. The maximum Gasteiger partial charge on any atom is 0.270 e. The normalized spacial score (nSPS) is 11.5. The molecule has 0 aliphatic carbocycles.